The second-order valence-corrected chi connectivity index (χ2v) is 8.23. The van der Waals surface area contributed by atoms with Gasteiger partial charge in [0.25, 0.3) is 11.7 Å². The third kappa shape index (κ3) is 3.48. The summed E-state index contributed by atoms with van der Waals surface area (Å²) >= 11 is 0. The first-order chi connectivity index (χ1) is 14.0. The van der Waals surface area contributed by atoms with Crippen LogP contribution < -0.4 is 0 Å². The van der Waals surface area contributed by atoms with Gasteiger partial charge in [-0.1, -0.05) is 67.3 Å². The summed E-state index contributed by atoms with van der Waals surface area (Å²) in [6.45, 7) is 3.86. The first-order valence-corrected chi connectivity index (χ1v) is 10.4. The molecule has 4 nitrogen and oxygen atoms in total. The van der Waals surface area contributed by atoms with E-state index in [4.69, 9.17) is 0 Å². The molecule has 1 saturated heterocycles. The molecule has 1 aliphatic heterocycles. The van der Waals surface area contributed by atoms with Crippen molar-refractivity contribution in [1.82, 2.24) is 4.90 Å². The van der Waals surface area contributed by atoms with E-state index in [2.05, 4.69) is 0 Å². The number of Topliss-reactive ketones (excluding diaryl/α,β-unsaturated/α-hetero) is 1. The van der Waals surface area contributed by atoms with E-state index in [1.807, 2.05) is 62.4 Å². The number of aliphatic hydroxyl groups excluding tert-OH is 1. The molecule has 4 rings (SSSR count). The van der Waals surface area contributed by atoms with Crippen LogP contribution in [0.5, 0.6) is 0 Å². The highest BCUT2D eigenvalue weighted by molar-refractivity contribution is 6.46. The van der Waals surface area contributed by atoms with Crippen LogP contribution in [0.2, 0.25) is 0 Å². The van der Waals surface area contributed by atoms with Crippen LogP contribution in [0.15, 0.2) is 54.1 Å². The highest BCUT2D eigenvalue weighted by Crippen LogP contribution is 2.43. The fourth-order valence-electron chi connectivity index (χ4n) is 4.68. The number of hydrogen-bond acceptors (Lipinski definition) is 3. The number of carbonyl (C=O) groups excluding carboxylic acids is 2. The lowest BCUT2D eigenvalue weighted by Gasteiger charge is -2.35. The molecule has 0 spiro atoms. The third-order valence-corrected chi connectivity index (χ3v) is 6.21. The summed E-state index contributed by atoms with van der Waals surface area (Å²) in [6.07, 6.45) is 5.09. The maximum absolute atomic E-state index is 13.1. The SMILES string of the molecule is Cc1ccc(C)c(/C(O)=C2\C(=O)C(=O)N(C3CCCCC3)C2c2ccccc2)c1. The minimum Gasteiger partial charge on any atom is -0.507 e. The van der Waals surface area contributed by atoms with Crippen LogP contribution in [-0.4, -0.2) is 27.7 Å². The standard InChI is InChI=1S/C25H27NO3/c1-16-13-14-17(2)20(15-16)23(27)21-22(18-9-5-3-6-10-18)26(25(29)24(21)28)19-11-7-4-8-12-19/h3,5-6,9-10,13-15,19,22,27H,4,7-8,11-12H2,1-2H3/b23-21+. The average molecular weight is 389 g/mol. The van der Waals surface area contributed by atoms with Gasteiger partial charge in [-0.25, -0.2) is 0 Å². The Morgan fingerprint density at radius 2 is 1.66 bits per heavy atom. The van der Waals surface area contributed by atoms with Crippen molar-refractivity contribution in [2.45, 2.75) is 58.0 Å². The van der Waals surface area contributed by atoms with Gasteiger partial charge < -0.3 is 10.0 Å². The van der Waals surface area contributed by atoms with Gasteiger partial charge in [-0.15, -0.1) is 0 Å². The van der Waals surface area contributed by atoms with E-state index < -0.39 is 17.7 Å². The van der Waals surface area contributed by atoms with Crippen LogP contribution in [-0.2, 0) is 9.59 Å². The Labute approximate surface area is 171 Å². The summed E-state index contributed by atoms with van der Waals surface area (Å²) in [4.78, 5) is 28.0. The van der Waals surface area contributed by atoms with E-state index >= 15 is 0 Å². The molecule has 2 aromatic rings. The number of likely N-dealkylation sites (tertiary alicyclic amines) is 1. The van der Waals surface area contributed by atoms with Crippen molar-refractivity contribution in [3.8, 4) is 0 Å². The fraction of sp³-hybridized carbons (Fsp3) is 0.360. The molecule has 0 radical (unpaired) electrons. The van der Waals surface area contributed by atoms with Gasteiger partial charge in [-0.2, -0.15) is 0 Å². The monoisotopic (exact) mass is 389 g/mol. The molecular weight excluding hydrogens is 362 g/mol. The molecule has 1 atom stereocenters. The molecular formula is C25H27NO3. The summed E-state index contributed by atoms with van der Waals surface area (Å²) < 4.78 is 0. The molecule has 1 heterocycles. The summed E-state index contributed by atoms with van der Waals surface area (Å²) in [5.74, 6) is -1.14. The van der Waals surface area contributed by atoms with E-state index in [1.165, 1.54) is 6.42 Å². The molecule has 1 aliphatic carbocycles. The molecule has 2 aromatic carbocycles. The van der Waals surface area contributed by atoms with E-state index in [1.54, 1.807) is 4.90 Å². The normalized spacial score (nSPS) is 22.3. The second-order valence-electron chi connectivity index (χ2n) is 8.23. The van der Waals surface area contributed by atoms with Gasteiger partial charge in [0.2, 0.25) is 0 Å². The Hall–Kier alpha value is -2.88. The number of rotatable bonds is 3. The van der Waals surface area contributed by atoms with Gasteiger partial charge in [0.05, 0.1) is 11.6 Å². The van der Waals surface area contributed by atoms with Crippen LogP contribution in [0, 0.1) is 13.8 Å². The van der Waals surface area contributed by atoms with E-state index in [0.717, 1.165) is 42.4 Å². The van der Waals surface area contributed by atoms with E-state index in [-0.39, 0.29) is 17.4 Å². The molecule has 4 heteroatoms. The number of carbonyl (C=O) groups is 2. The minimum atomic E-state index is -0.581. The van der Waals surface area contributed by atoms with Crippen molar-refractivity contribution in [2.75, 3.05) is 0 Å². The van der Waals surface area contributed by atoms with Gasteiger partial charge in [0.15, 0.2) is 0 Å². The second kappa shape index (κ2) is 7.86. The topological polar surface area (TPSA) is 57.6 Å². The summed E-state index contributed by atoms with van der Waals surface area (Å²) in [7, 11) is 0. The van der Waals surface area contributed by atoms with Gasteiger partial charge in [-0.3, -0.25) is 9.59 Å². The van der Waals surface area contributed by atoms with Gasteiger partial charge in [-0.05, 0) is 43.9 Å². The number of aliphatic hydroxyl groups is 1. The Kier molecular flexibility index (Phi) is 5.27. The lowest BCUT2D eigenvalue weighted by atomic mass is 9.90. The molecule has 150 valence electrons. The number of nitrogens with zero attached hydrogens (tertiary/aromatic N) is 1. The Morgan fingerprint density at radius 1 is 0.966 bits per heavy atom. The van der Waals surface area contributed by atoms with Crippen molar-refractivity contribution < 1.29 is 14.7 Å². The molecule has 0 bridgehead atoms. The predicted molar refractivity (Wildman–Crippen MR) is 113 cm³/mol. The van der Waals surface area contributed by atoms with Crippen molar-refractivity contribution in [1.29, 1.82) is 0 Å². The highest BCUT2D eigenvalue weighted by Gasteiger charge is 2.48. The molecule has 2 fully saturated rings. The van der Waals surface area contributed by atoms with Crippen molar-refractivity contribution >= 4 is 17.4 Å². The molecule has 1 amide bonds. The van der Waals surface area contributed by atoms with Gasteiger partial charge in [0.1, 0.15) is 5.76 Å². The van der Waals surface area contributed by atoms with Gasteiger partial charge >= 0.3 is 0 Å². The van der Waals surface area contributed by atoms with Crippen molar-refractivity contribution in [3.05, 3.63) is 76.4 Å². The Bertz CT molecular complexity index is 971. The number of ketones is 1. The Morgan fingerprint density at radius 3 is 2.34 bits per heavy atom. The highest BCUT2D eigenvalue weighted by atomic mass is 16.3. The number of amides is 1. The summed E-state index contributed by atoms with van der Waals surface area (Å²) in [5.41, 5.74) is 3.57. The first kappa shape index (κ1) is 19.4. The predicted octanol–water partition coefficient (Wildman–Crippen LogP) is 5.06. The molecule has 2 aliphatic rings. The smallest absolute Gasteiger partial charge is 0.295 e. The van der Waals surface area contributed by atoms with Crippen LogP contribution in [0.3, 0.4) is 0 Å². The number of aryl methyl sites for hydroxylation is 2. The molecule has 1 N–H and O–H groups in total. The largest absolute Gasteiger partial charge is 0.507 e. The zero-order chi connectivity index (χ0) is 20.5. The van der Waals surface area contributed by atoms with Crippen LogP contribution in [0.25, 0.3) is 5.76 Å². The average Bonchev–Trinajstić information content (AvgIpc) is 3.01. The summed E-state index contributed by atoms with van der Waals surface area (Å²) in [6, 6.07) is 14.9. The maximum Gasteiger partial charge on any atom is 0.295 e. The molecule has 1 saturated carbocycles. The van der Waals surface area contributed by atoms with Crippen LogP contribution in [0.4, 0.5) is 0 Å². The fourth-order valence-corrected chi connectivity index (χ4v) is 4.68. The van der Waals surface area contributed by atoms with E-state index in [0.29, 0.717) is 5.56 Å². The van der Waals surface area contributed by atoms with Crippen LogP contribution >= 0.6 is 0 Å². The third-order valence-electron chi connectivity index (χ3n) is 6.21. The summed E-state index contributed by atoms with van der Waals surface area (Å²) in [5, 5.41) is 11.2. The first-order valence-electron chi connectivity index (χ1n) is 10.4. The molecule has 0 aromatic heterocycles. The zero-order valence-corrected chi connectivity index (χ0v) is 17.0. The number of benzene rings is 2. The lowest BCUT2D eigenvalue weighted by molar-refractivity contribution is -0.141. The van der Waals surface area contributed by atoms with Crippen molar-refractivity contribution in [3.63, 3.8) is 0 Å². The quantitative estimate of drug-likeness (QED) is 0.454. The molecule has 29 heavy (non-hydrogen) atoms. The lowest BCUT2D eigenvalue weighted by Crippen LogP contribution is -2.40. The Balaban J connectivity index is 1.90. The van der Waals surface area contributed by atoms with E-state index in [9.17, 15) is 14.7 Å². The van der Waals surface area contributed by atoms with Gasteiger partial charge in [0, 0.05) is 11.6 Å². The molecule has 1 unspecified atom stereocenters. The number of hydrogen-bond donors (Lipinski definition) is 1. The van der Waals surface area contributed by atoms with Crippen molar-refractivity contribution in [2.24, 2.45) is 0 Å². The minimum absolute atomic E-state index is 0.0364. The maximum atomic E-state index is 13.1. The zero-order valence-electron chi connectivity index (χ0n) is 17.0. The van der Waals surface area contributed by atoms with Crippen LogP contribution in [0.1, 0.15) is 60.4 Å².